The van der Waals surface area contributed by atoms with Crippen molar-refractivity contribution < 1.29 is 26.7 Å². The number of ether oxygens (including phenoxy) is 1. The molecule has 1 aliphatic rings. The first kappa shape index (κ1) is 22.2. The van der Waals surface area contributed by atoms with Gasteiger partial charge in [-0.3, -0.25) is 4.90 Å². The molecule has 10 heteroatoms. The summed E-state index contributed by atoms with van der Waals surface area (Å²) in [4.78, 5) is 1.33. The molecule has 0 aliphatic carbocycles. The van der Waals surface area contributed by atoms with E-state index in [4.69, 9.17) is 0 Å². The van der Waals surface area contributed by atoms with E-state index in [0.29, 0.717) is 13.1 Å². The minimum absolute atomic E-state index is 0. The highest BCUT2D eigenvalue weighted by Gasteiger charge is 2.44. The van der Waals surface area contributed by atoms with Crippen molar-refractivity contribution >= 4 is 24.8 Å². The number of rotatable bonds is 4. The van der Waals surface area contributed by atoms with Gasteiger partial charge in [-0.15, -0.1) is 24.8 Å². The third kappa shape index (κ3) is 6.29. The van der Waals surface area contributed by atoms with Crippen LogP contribution in [0.3, 0.4) is 0 Å². The lowest BCUT2D eigenvalue weighted by Crippen LogP contribution is -2.49. The van der Waals surface area contributed by atoms with E-state index in [1.165, 1.54) is 17.0 Å². The highest BCUT2D eigenvalue weighted by Crippen LogP contribution is 2.38. The van der Waals surface area contributed by atoms with Gasteiger partial charge in [-0.05, 0) is 17.7 Å². The van der Waals surface area contributed by atoms with Crippen LogP contribution in [0.1, 0.15) is 11.6 Å². The van der Waals surface area contributed by atoms with Crippen LogP contribution in [0.4, 0.5) is 22.0 Å². The second-order valence-electron chi connectivity index (χ2n) is 4.68. The minimum Gasteiger partial charge on any atom is -0.435 e. The van der Waals surface area contributed by atoms with Gasteiger partial charge in [-0.25, -0.2) is 0 Å². The van der Waals surface area contributed by atoms with Crippen LogP contribution < -0.4 is 10.1 Å². The summed E-state index contributed by atoms with van der Waals surface area (Å²) >= 11 is 0. The van der Waals surface area contributed by atoms with Gasteiger partial charge < -0.3 is 10.1 Å². The predicted molar refractivity (Wildman–Crippen MR) is 80.8 cm³/mol. The first-order valence-corrected chi connectivity index (χ1v) is 6.44. The van der Waals surface area contributed by atoms with Crippen molar-refractivity contribution in [2.24, 2.45) is 0 Å². The third-order valence-corrected chi connectivity index (χ3v) is 3.25. The zero-order valence-corrected chi connectivity index (χ0v) is 13.5. The summed E-state index contributed by atoms with van der Waals surface area (Å²) in [5.74, 6) is -0.157. The normalized spacial score (nSPS) is 17.1. The van der Waals surface area contributed by atoms with Gasteiger partial charge in [0.05, 0.1) is 0 Å². The highest BCUT2D eigenvalue weighted by molar-refractivity contribution is 5.85. The molecule has 0 amide bonds. The summed E-state index contributed by atoms with van der Waals surface area (Å²) < 4.78 is 68.1. The Bertz CT molecular complexity index is 453. The standard InChI is InChI=1S/C13H15F5N2O.2ClH/c14-12(15)21-10-3-1-9(2-4-10)11(13(16,17)18)20-7-5-19-6-8-20;;/h1-4,11-12,19H,5-8H2;2*1H/t11-;;/m1../s1. The SMILES string of the molecule is Cl.Cl.FC(F)Oc1ccc([C@@H](N2CCNCC2)C(F)(F)F)cc1. The average molecular weight is 383 g/mol. The fourth-order valence-corrected chi connectivity index (χ4v) is 2.38. The number of nitrogens with zero attached hydrogens (tertiary/aromatic N) is 1. The molecule has 1 saturated heterocycles. The van der Waals surface area contributed by atoms with Gasteiger partial charge in [0.25, 0.3) is 0 Å². The molecule has 0 aromatic heterocycles. The van der Waals surface area contributed by atoms with Gasteiger partial charge in [0.15, 0.2) is 0 Å². The number of halogens is 7. The van der Waals surface area contributed by atoms with Crippen molar-refractivity contribution in [2.45, 2.75) is 18.8 Å². The molecule has 23 heavy (non-hydrogen) atoms. The molecule has 0 unspecified atom stereocenters. The van der Waals surface area contributed by atoms with Gasteiger partial charge >= 0.3 is 12.8 Å². The number of nitrogens with one attached hydrogen (secondary N) is 1. The summed E-state index contributed by atoms with van der Waals surface area (Å²) in [5, 5.41) is 2.99. The first-order valence-electron chi connectivity index (χ1n) is 6.44. The lowest BCUT2D eigenvalue weighted by Gasteiger charge is -2.36. The van der Waals surface area contributed by atoms with E-state index in [2.05, 4.69) is 10.1 Å². The molecule has 1 aromatic rings. The fourth-order valence-electron chi connectivity index (χ4n) is 2.38. The maximum atomic E-state index is 13.3. The maximum Gasteiger partial charge on any atom is 0.408 e. The zero-order chi connectivity index (χ0) is 15.5. The minimum atomic E-state index is -4.43. The Morgan fingerprint density at radius 3 is 1.96 bits per heavy atom. The molecule has 1 atom stereocenters. The van der Waals surface area contributed by atoms with E-state index in [1.54, 1.807) is 0 Å². The van der Waals surface area contributed by atoms with Gasteiger partial charge in [-0.1, -0.05) is 12.1 Å². The van der Waals surface area contributed by atoms with E-state index in [1.807, 2.05) is 0 Å². The monoisotopic (exact) mass is 382 g/mol. The topological polar surface area (TPSA) is 24.5 Å². The molecule has 1 aromatic carbocycles. The molecule has 134 valence electrons. The molecule has 1 fully saturated rings. The second kappa shape index (κ2) is 9.46. The van der Waals surface area contributed by atoms with Crippen molar-refractivity contribution in [3.63, 3.8) is 0 Å². The van der Waals surface area contributed by atoms with E-state index in [0.717, 1.165) is 12.1 Å². The number of alkyl halides is 5. The fraction of sp³-hybridized carbons (Fsp3) is 0.538. The van der Waals surface area contributed by atoms with Gasteiger partial charge in [0.1, 0.15) is 11.8 Å². The van der Waals surface area contributed by atoms with Gasteiger partial charge in [0.2, 0.25) is 0 Å². The number of hydrogen-bond acceptors (Lipinski definition) is 3. The third-order valence-electron chi connectivity index (χ3n) is 3.25. The maximum absolute atomic E-state index is 13.3. The number of benzene rings is 1. The molecule has 3 nitrogen and oxygen atoms in total. The molecule has 0 radical (unpaired) electrons. The average Bonchev–Trinajstić information content (AvgIpc) is 2.40. The Kier molecular flexibility index (Phi) is 9.12. The quantitative estimate of drug-likeness (QED) is 0.804. The molecular formula is C13H17Cl2F5N2O. The Hall–Kier alpha value is -0.830. The second-order valence-corrected chi connectivity index (χ2v) is 4.68. The molecule has 1 aliphatic heterocycles. The molecule has 1 N–H and O–H groups in total. The summed E-state index contributed by atoms with van der Waals surface area (Å²) in [7, 11) is 0. The van der Waals surface area contributed by atoms with Crippen molar-refractivity contribution in [3.05, 3.63) is 29.8 Å². The molecule has 2 rings (SSSR count). The van der Waals surface area contributed by atoms with E-state index in [-0.39, 0.29) is 49.2 Å². The van der Waals surface area contributed by atoms with Crippen LogP contribution in [-0.2, 0) is 0 Å². The Labute approximate surface area is 143 Å². The smallest absolute Gasteiger partial charge is 0.408 e. The van der Waals surface area contributed by atoms with Crippen LogP contribution in [-0.4, -0.2) is 43.9 Å². The Balaban J connectivity index is 0.00000242. The van der Waals surface area contributed by atoms with Gasteiger partial charge in [0, 0.05) is 26.2 Å². The van der Waals surface area contributed by atoms with Crippen LogP contribution in [0.15, 0.2) is 24.3 Å². The van der Waals surface area contributed by atoms with Crippen LogP contribution >= 0.6 is 24.8 Å². The highest BCUT2D eigenvalue weighted by atomic mass is 35.5. The summed E-state index contributed by atoms with van der Waals surface area (Å²) in [5.41, 5.74) is 0.0195. The largest absolute Gasteiger partial charge is 0.435 e. The van der Waals surface area contributed by atoms with Crippen LogP contribution in [0.5, 0.6) is 5.75 Å². The van der Waals surface area contributed by atoms with E-state index < -0.39 is 18.8 Å². The van der Waals surface area contributed by atoms with Crippen molar-refractivity contribution in [2.75, 3.05) is 26.2 Å². The molecule has 0 bridgehead atoms. The zero-order valence-electron chi connectivity index (χ0n) is 11.9. The molecular weight excluding hydrogens is 366 g/mol. The molecule has 0 saturated carbocycles. The Morgan fingerprint density at radius 1 is 1.00 bits per heavy atom. The molecule has 0 spiro atoms. The Morgan fingerprint density at radius 2 is 1.52 bits per heavy atom. The van der Waals surface area contributed by atoms with E-state index >= 15 is 0 Å². The van der Waals surface area contributed by atoms with Crippen LogP contribution in [0, 0.1) is 0 Å². The summed E-state index contributed by atoms with van der Waals surface area (Å²) in [6, 6.07) is 2.88. The van der Waals surface area contributed by atoms with Crippen molar-refractivity contribution in [1.29, 1.82) is 0 Å². The lowest BCUT2D eigenvalue weighted by atomic mass is 10.0. The van der Waals surface area contributed by atoms with Crippen LogP contribution in [0.2, 0.25) is 0 Å². The lowest BCUT2D eigenvalue weighted by molar-refractivity contribution is -0.187. The summed E-state index contributed by atoms with van der Waals surface area (Å²) in [6.07, 6.45) is -4.43. The van der Waals surface area contributed by atoms with Crippen molar-refractivity contribution in [1.82, 2.24) is 10.2 Å². The van der Waals surface area contributed by atoms with E-state index in [9.17, 15) is 22.0 Å². The first-order chi connectivity index (χ1) is 9.88. The van der Waals surface area contributed by atoms with Crippen molar-refractivity contribution in [3.8, 4) is 5.75 Å². The van der Waals surface area contributed by atoms with Crippen LogP contribution in [0.25, 0.3) is 0 Å². The number of hydrogen-bond donors (Lipinski definition) is 1. The van der Waals surface area contributed by atoms with Gasteiger partial charge in [-0.2, -0.15) is 22.0 Å². The summed E-state index contributed by atoms with van der Waals surface area (Å²) in [6.45, 7) is -1.47. The predicted octanol–water partition coefficient (Wildman–Crippen LogP) is 3.64. The number of piperazine rings is 1. The molecule has 1 heterocycles.